The maximum atomic E-state index is 11.4. The SMILES string of the molecule is CC(=O)N[C@H]1[C@H]([C@H](O)[C@H](O)CO)OC(C(=O)O)=C[C@@H]1N=C(N)N.CS(=O)(=O)O. The first-order valence-corrected chi connectivity index (χ1v) is 9.39. The summed E-state index contributed by atoms with van der Waals surface area (Å²) in [4.78, 5) is 26.3. The highest BCUT2D eigenvalue weighted by molar-refractivity contribution is 7.85. The van der Waals surface area contributed by atoms with Crippen molar-refractivity contribution in [3.05, 3.63) is 11.8 Å². The van der Waals surface area contributed by atoms with Gasteiger partial charge in [-0.25, -0.2) is 9.79 Å². The Morgan fingerprint density at radius 3 is 2.21 bits per heavy atom. The summed E-state index contributed by atoms with van der Waals surface area (Å²) in [5, 5.41) is 40.1. The first kappa shape index (κ1) is 25.5. The molecule has 0 spiro atoms. The van der Waals surface area contributed by atoms with Crippen molar-refractivity contribution in [3.63, 3.8) is 0 Å². The molecule has 0 bridgehead atoms. The van der Waals surface area contributed by atoms with E-state index in [1.165, 1.54) is 6.92 Å². The summed E-state index contributed by atoms with van der Waals surface area (Å²) in [7, 11) is -3.67. The van der Waals surface area contributed by atoms with Crippen LogP contribution in [0, 0.1) is 0 Å². The number of aliphatic imine (C=N–C) groups is 1. The van der Waals surface area contributed by atoms with E-state index < -0.39 is 64.8 Å². The fraction of sp³-hybridized carbons (Fsp3) is 0.615. The minimum atomic E-state index is -3.67. The summed E-state index contributed by atoms with van der Waals surface area (Å²) in [5.74, 6) is -2.89. The molecule has 0 radical (unpaired) electrons. The van der Waals surface area contributed by atoms with E-state index in [0.29, 0.717) is 6.26 Å². The van der Waals surface area contributed by atoms with E-state index in [0.717, 1.165) is 6.08 Å². The van der Waals surface area contributed by atoms with Crippen LogP contribution in [0.25, 0.3) is 0 Å². The molecular weight excluding hydrogens is 404 g/mol. The zero-order chi connectivity index (χ0) is 22.2. The molecular formula is C13H24N4O10S. The number of aliphatic hydroxyl groups excluding tert-OH is 3. The molecule has 28 heavy (non-hydrogen) atoms. The van der Waals surface area contributed by atoms with Gasteiger partial charge in [-0.2, -0.15) is 8.42 Å². The van der Waals surface area contributed by atoms with Crippen molar-refractivity contribution in [2.24, 2.45) is 16.5 Å². The van der Waals surface area contributed by atoms with Crippen LogP contribution >= 0.6 is 0 Å². The molecule has 15 heteroatoms. The Balaban J connectivity index is 0.00000129. The quantitative estimate of drug-likeness (QED) is 0.114. The van der Waals surface area contributed by atoms with Gasteiger partial charge in [0.2, 0.25) is 11.7 Å². The summed E-state index contributed by atoms with van der Waals surface area (Å²) in [6, 6.07) is -2.11. The third kappa shape index (κ3) is 9.47. The van der Waals surface area contributed by atoms with Crippen molar-refractivity contribution in [3.8, 4) is 0 Å². The molecule has 0 aromatic heterocycles. The molecule has 0 saturated heterocycles. The number of amides is 1. The van der Waals surface area contributed by atoms with Gasteiger partial charge in [0.15, 0.2) is 5.96 Å². The molecule has 0 aliphatic carbocycles. The number of carboxylic acids is 1. The molecule has 5 atom stereocenters. The lowest BCUT2D eigenvalue weighted by Crippen LogP contribution is -2.59. The second kappa shape index (κ2) is 10.8. The molecule has 1 rings (SSSR count). The van der Waals surface area contributed by atoms with Crippen molar-refractivity contribution in [1.29, 1.82) is 0 Å². The van der Waals surface area contributed by atoms with Gasteiger partial charge in [0.1, 0.15) is 18.3 Å². The van der Waals surface area contributed by atoms with Crippen LogP contribution in [0.4, 0.5) is 0 Å². The number of guanidine groups is 1. The predicted octanol–water partition coefficient (Wildman–Crippen LogP) is -4.28. The average molecular weight is 428 g/mol. The molecule has 1 amide bonds. The number of hydrogen-bond donors (Lipinski definition) is 8. The second-order valence-electron chi connectivity index (χ2n) is 5.66. The summed E-state index contributed by atoms with van der Waals surface area (Å²) in [5.41, 5.74) is 10.6. The molecule has 0 aromatic rings. The van der Waals surface area contributed by atoms with Gasteiger partial charge in [-0.05, 0) is 6.08 Å². The number of aliphatic hydroxyl groups is 3. The monoisotopic (exact) mass is 428 g/mol. The first-order chi connectivity index (χ1) is 12.7. The molecule has 162 valence electrons. The standard InChI is InChI=1S/C12H20N4O7.CH4O3S/c1-4(18)15-8-5(16-12(13)14)2-7(11(21)22)23-10(8)9(20)6(19)3-17;1-5(2,3)4/h2,5-6,8-10,17,19-20H,3H2,1H3,(H,15,18)(H,21,22)(H4,13,14,16);1H3,(H,2,3,4)/t5-,6+,8+,9+,10+;/m0./s1. The highest BCUT2D eigenvalue weighted by Gasteiger charge is 2.43. The van der Waals surface area contributed by atoms with Crippen molar-refractivity contribution >= 4 is 28.0 Å². The number of carboxylic acid groups (broad SMARTS) is 1. The van der Waals surface area contributed by atoms with Gasteiger partial charge in [0.25, 0.3) is 10.1 Å². The highest BCUT2D eigenvalue weighted by atomic mass is 32.2. The number of hydrogen-bond acceptors (Lipinski definition) is 9. The van der Waals surface area contributed by atoms with Gasteiger partial charge in [-0.3, -0.25) is 9.35 Å². The Morgan fingerprint density at radius 2 is 1.86 bits per heavy atom. The van der Waals surface area contributed by atoms with Gasteiger partial charge >= 0.3 is 5.97 Å². The molecule has 1 heterocycles. The number of nitrogens with zero attached hydrogens (tertiary/aromatic N) is 1. The molecule has 10 N–H and O–H groups in total. The van der Waals surface area contributed by atoms with Gasteiger partial charge in [0.05, 0.1) is 24.9 Å². The van der Waals surface area contributed by atoms with Crippen molar-refractivity contribution < 1.29 is 47.7 Å². The lowest BCUT2D eigenvalue weighted by atomic mass is 9.92. The lowest BCUT2D eigenvalue weighted by Gasteiger charge is -2.38. The molecule has 0 unspecified atom stereocenters. The zero-order valence-corrected chi connectivity index (χ0v) is 15.8. The van der Waals surface area contributed by atoms with E-state index in [1.54, 1.807) is 0 Å². The molecule has 0 fully saturated rings. The summed E-state index contributed by atoms with van der Waals surface area (Å²) >= 11 is 0. The Labute approximate surface area is 160 Å². The molecule has 1 aliphatic rings. The number of nitrogens with one attached hydrogen (secondary N) is 1. The molecule has 14 nitrogen and oxygen atoms in total. The van der Waals surface area contributed by atoms with Gasteiger partial charge < -0.3 is 41.9 Å². The maximum Gasteiger partial charge on any atom is 0.370 e. The normalized spacial score (nSPS) is 23.6. The smallest absolute Gasteiger partial charge is 0.370 e. The minimum absolute atomic E-state index is 0.371. The van der Waals surface area contributed by atoms with Crippen LogP contribution in [-0.4, -0.2) is 94.5 Å². The van der Waals surface area contributed by atoms with E-state index in [2.05, 4.69) is 10.3 Å². The number of rotatable bonds is 6. The highest BCUT2D eigenvalue weighted by Crippen LogP contribution is 2.24. The van der Waals surface area contributed by atoms with Crippen LogP contribution in [0.3, 0.4) is 0 Å². The van der Waals surface area contributed by atoms with E-state index >= 15 is 0 Å². The lowest BCUT2D eigenvalue weighted by molar-refractivity contribution is -0.145. The molecule has 0 aromatic carbocycles. The Morgan fingerprint density at radius 1 is 1.36 bits per heavy atom. The van der Waals surface area contributed by atoms with Crippen LogP contribution in [0.1, 0.15) is 6.92 Å². The number of carbonyl (C=O) groups excluding carboxylic acids is 1. The van der Waals surface area contributed by atoms with Gasteiger partial charge in [0, 0.05) is 6.92 Å². The predicted molar refractivity (Wildman–Crippen MR) is 94.4 cm³/mol. The fourth-order valence-electron chi connectivity index (χ4n) is 2.14. The number of nitrogens with two attached hydrogens (primary N) is 2. The van der Waals surface area contributed by atoms with Crippen molar-refractivity contribution in [1.82, 2.24) is 5.32 Å². The topological polar surface area (TPSA) is 255 Å². The summed E-state index contributed by atoms with van der Waals surface area (Å²) < 4.78 is 31.0. The largest absolute Gasteiger partial charge is 0.478 e. The van der Waals surface area contributed by atoms with Crippen molar-refractivity contribution in [2.45, 2.75) is 37.3 Å². The van der Waals surface area contributed by atoms with Crippen LogP contribution < -0.4 is 16.8 Å². The molecule has 1 aliphatic heterocycles. The fourth-order valence-corrected chi connectivity index (χ4v) is 2.14. The maximum absolute atomic E-state index is 11.4. The van der Waals surface area contributed by atoms with E-state index in [4.69, 9.17) is 31.0 Å². The zero-order valence-electron chi connectivity index (χ0n) is 15.0. The van der Waals surface area contributed by atoms with Crippen LogP contribution in [0.2, 0.25) is 0 Å². The molecule has 0 saturated carbocycles. The Kier molecular flexibility index (Phi) is 9.82. The Bertz CT molecular complexity index is 711. The Hall–Kier alpha value is -2.46. The second-order valence-corrected chi connectivity index (χ2v) is 7.13. The number of ether oxygens (including phenoxy) is 1. The third-order valence-corrected chi connectivity index (χ3v) is 3.10. The van der Waals surface area contributed by atoms with Gasteiger partial charge in [-0.15, -0.1) is 0 Å². The number of carbonyl (C=O) groups is 2. The van der Waals surface area contributed by atoms with Crippen molar-refractivity contribution in [2.75, 3.05) is 12.9 Å². The third-order valence-electron chi connectivity index (χ3n) is 3.10. The van der Waals surface area contributed by atoms with Crippen LogP contribution in [-0.2, 0) is 24.4 Å². The minimum Gasteiger partial charge on any atom is -0.478 e. The van der Waals surface area contributed by atoms with E-state index in [-0.39, 0.29) is 5.96 Å². The average Bonchev–Trinajstić information content (AvgIpc) is 2.52. The first-order valence-electron chi connectivity index (χ1n) is 7.54. The number of aliphatic carboxylic acids is 1. The summed E-state index contributed by atoms with van der Waals surface area (Å²) in [6.07, 6.45) is -2.93. The summed E-state index contributed by atoms with van der Waals surface area (Å²) in [6.45, 7) is 0.391. The van der Waals surface area contributed by atoms with Crippen LogP contribution in [0.15, 0.2) is 16.8 Å². The van der Waals surface area contributed by atoms with E-state index in [1.807, 2.05) is 0 Å². The van der Waals surface area contributed by atoms with E-state index in [9.17, 15) is 28.2 Å². The van der Waals surface area contributed by atoms with Crippen LogP contribution in [0.5, 0.6) is 0 Å². The van der Waals surface area contributed by atoms with Gasteiger partial charge in [-0.1, -0.05) is 0 Å².